The van der Waals surface area contributed by atoms with Crippen molar-refractivity contribution in [3.63, 3.8) is 0 Å². The third-order valence-corrected chi connectivity index (χ3v) is 3.53. The van der Waals surface area contributed by atoms with Crippen molar-refractivity contribution in [2.24, 2.45) is 11.8 Å². The quantitative estimate of drug-likeness (QED) is 0.596. The summed E-state index contributed by atoms with van der Waals surface area (Å²) in [6.45, 7) is 9.01. The molecule has 114 valence electrons. The van der Waals surface area contributed by atoms with Gasteiger partial charge in [-0.1, -0.05) is 13.8 Å². The van der Waals surface area contributed by atoms with E-state index < -0.39 is 0 Å². The molecule has 1 saturated heterocycles. The Kier molecular flexibility index (Phi) is 9.43. The van der Waals surface area contributed by atoms with Crippen LogP contribution in [-0.2, 0) is 9.47 Å². The molecule has 1 heterocycles. The summed E-state index contributed by atoms with van der Waals surface area (Å²) in [5.74, 6) is 1.43. The first-order chi connectivity index (χ1) is 9.18. The van der Waals surface area contributed by atoms with Crippen LogP contribution in [0.5, 0.6) is 0 Å². The van der Waals surface area contributed by atoms with Gasteiger partial charge in [-0.25, -0.2) is 0 Å². The standard InChI is InChI=1S/C15H31NO3/c1-13(2)4-3-7-19-12-15(17)11-16-10-14-5-8-18-9-6-14/h13-17H,3-12H2,1-2H3. The van der Waals surface area contributed by atoms with Crippen LogP contribution in [0, 0.1) is 11.8 Å². The number of hydrogen-bond donors (Lipinski definition) is 2. The Morgan fingerprint density at radius 1 is 1.32 bits per heavy atom. The lowest BCUT2D eigenvalue weighted by Crippen LogP contribution is -2.35. The van der Waals surface area contributed by atoms with Crippen LogP contribution in [0.3, 0.4) is 0 Å². The minimum absolute atomic E-state index is 0.390. The van der Waals surface area contributed by atoms with E-state index in [1.54, 1.807) is 0 Å². The Morgan fingerprint density at radius 2 is 2.05 bits per heavy atom. The maximum Gasteiger partial charge on any atom is 0.0897 e. The Morgan fingerprint density at radius 3 is 2.74 bits per heavy atom. The molecule has 4 nitrogen and oxygen atoms in total. The Bertz CT molecular complexity index is 206. The summed E-state index contributed by atoms with van der Waals surface area (Å²) in [5.41, 5.74) is 0. The molecule has 0 aromatic carbocycles. The second-order valence-electron chi connectivity index (χ2n) is 5.98. The molecule has 0 saturated carbocycles. The van der Waals surface area contributed by atoms with Crippen LogP contribution in [0.1, 0.15) is 39.5 Å². The number of aliphatic hydroxyl groups is 1. The summed E-state index contributed by atoms with van der Waals surface area (Å²) in [7, 11) is 0. The smallest absolute Gasteiger partial charge is 0.0897 e. The molecule has 4 heteroatoms. The minimum Gasteiger partial charge on any atom is -0.389 e. The predicted molar refractivity (Wildman–Crippen MR) is 77.3 cm³/mol. The summed E-state index contributed by atoms with van der Waals surface area (Å²) in [6.07, 6.45) is 4.15. The molecule has 1 unspecified atom stereocenters. The zero-order chi connectivity index (χ0) is 13.9. The molecule has 1 aliphatic heterocycles. The highest BCUT2D eigenvalue weighted by Crippen LogP contribution is 2.13. The Labute approximate surface area is 117 Å². The lowest BCUT2D eigenvalue weighted by Gasteiger charge is -2.23. The normalized spacial score (nSPS) is 18.9. The van der Waals surface area contributed by atoms with Crippen LogP contribution in [-0.4, -0.2) is 50.7 Å². The molecule has 2 N–H and O–H groups in total. The zero-order valence-electron chi connectivity index (χ0n) is 12.6. The maximum absolute atomic E-state index is 9.77. The second kappa shape index (κ2) is 10.6. The molecule has 0 aromatic heterocycles. The third-order valence-electron chi connectivity index (χ3n) is 3.53. The van der Waals surface area contributed by atoms with E-state index in [0.29, 0.717) is 19.1 Å². The molecular weight excluding hydrogens is 242 g/mol. The first-order valence-electron chi connectivity index (χ1n) is 7.72. The molecule has 1 atom stereocenters. The lowest BCUT2D eigenvalue weighted by atomic mass is 10.0. The molecule has 1 rings (SSSR count). The van der Waals surface area contributed by atoms with Gasteiger partial charge in [-0.2, -0.15) is 0 Å². The molecule has 0 aliphatic carbocycles. The first kappa shape index (κ1) is 16.9. The maximum atomic E-state index is 9.77. The highest BCUT2D eigenvalue weighted by molar-refractivity contribution is 4.67. The van der Waals surface area contributed by atoms with E-state index >= 15 is 0 Å². The fraction of sp³-hybridized carbons (Fsp3) is 1.00. The van der Waals surface area contributed by atoms with Gasteiger partial charge in [0.15, 0.2) is 0 Å². The van der Waals surface area contributed by atoms with Gasteiger partial charge in [0.05, 0.1) is 12.7 Å². The molecule has 0 aromatic rings. The molecule has 19 heavy (non-hydrogen) atoms. The fourth-order valence-electron chi connectivity index (χ4n) is 2.28. The summed E-state index contributed by atoms with van der Waals surface area (Å²) >= 11 is 0. The van der Waals surface area contributed by atoms with E-state index in [2.05, 4.69) is 19.2 Å². The van der Waals surface area contributed by atoms with Crippen molar-refractivity contribution in [2.45, 2.75) is 45.6 Å². The SMILES string of the molecule is CC(C)CCCOCC(O)CNCC1CCOCC1. The molecule has 1 aliphatic rings. The van der Waals surface area contributed by atoms with Crippen molar-refractivity contribution >= 4 is 0 Å². The van der Waals surface area contributed by atoms with Crippen LogP contribution in [0.4, 0.5) is 0 Å². The minimum atomic E-state index is -0.390. The average molecular weight is 273 g/mol. The highest BCUT2D eigenvalue weighted by Gasteiger charge is 2.13. The van der Waals surface area contributed by atoms with Crippen LogP contribution < -0.4 is 5.32 Å². The van der Waals surface area contributed by atoms with Gasteiger partial charge in [-0.05, 0) is 44.1 Å². The van der Waals surface area contributed by atoms with E-state index in [1.165, 1.54) is 6.42 Å². The van der Waals surface area contributed by atoms with Gasteiger partial charge in [0.1, 0.15) is 0 Å². The van der Waals surface area contributed by atoms with Crippen LogP contribution in [0.25, 0.3) is 0 Å². The number of ether oxygens (including phenoxy) is 2. The van der Waals surface area contributed by atoms with Gasteiger partial charge in [0.25, 0.3) is 0 Å². The largest absolute Gasteiger partial charge is 0.389 e. The fourth-order valence-corrected chi connectivity index (χ4v) is 2.28. The van der Waals surface area contributed by atoms with E-state index in [1.807, 2.05) is 0 Å². The lowest BCUT2D eigenvalue weighted by molar-refractivity contribution is 0.0320. The monoisotopic (exact) mass is 273 g/mol. The summed E-state index contributed by atoms with van der Waals surface area (Å²) in [6, 6.07) is 0. The van der Waals surface area contributed by atoms with Crippen LogP contribution in [0.2, 0.25) is 0 Å². The van der Waals surface area contributed by atoms with Gasteiger partial charge in [-0.3, -0.25) is 0 Å². The number of nitrogens with one attached hydrogen (secondary N) is 1. The topological polar surface area (TPSA) is 50.7 Å². The molecule has 0 spiro atoms. The van der Waals surface area contributed by atoms with Crippen molar-refractivity contribution in [1.82, 2.24) is 5.32 Å². The van der Waals surface area contributed by atoms with Crippen molar-refractivity contribution in [3.8, 4) is 0 Å². The van der Waals surface area contributed by atoms with Crippen LogP contribution in [0.15, 0.2) is 0 Å². The molecule has 0 amide bonds. The molecule has 0 radical (unpaired) electrons. The van der Waals surface area contributed by atoms with E-state index in [-0.39, 0.29) is 6.10 Å². The molecule has 0 bridgehead atoms. The van der Waals surface area contributed by atoms with Gasteiger partial charge in [0.2, 0.25) is 0 Å². The third kappa shape index (κ3) is 9.38. The van der Waals surface area contributed by atoms with Crippen molar-refractivity contribution in [3.05, 3.63) is 0 Å². The second-order valence-corrected chi connectivity index (χ2v) is 5.98. The Balaban J connectivity index is 1.88. The van der Waals surface area contributed by atoms with Crippen molar-refractivity contribution in [1.29, 1.82) is 0 Å². The summed E-state index contributed by atoms with van der Waals surface area (Å²) < 4.78 is 10.8. The predicted octanol–water partition coefficient (Wildman–Crippen LogP) is 1.82. The Hall–Kier alpha value is -0.160. The van der Waals surface area contributed by atoms with Crippen LogP contribution >= 0.6 is 0 Å². The summed E-state index contributed by atoms with van der Waals surface area (Å²) in [5, 5.41) is 13.1. The van der Waals surface area contributed by atoms with E-state index in [4.69, 9.17) is 9.47 Å². The van der Waals surface area contributed by atoms with E-state index in [0.717, 1.165) is 51.5 Å². The first-order valence-corrected chi connectivity index (χ1v) is 7.72. The van der Waals surface area contributed by atoms with Gasteiger partial charge >= 0.3 is 0 Å². The molecular formula is C15H31NO3. The highest BCUT2D eigenvalue weighted by atomic mass is 16.5. The van der Waals surface area contributed by atoms with Gasteiger partial charge < -0.3 is 19.9 Å². The number of hydrogen-bond acceptors (Lipinski definition) is 4. The van der Waals surface area contributed by atoms with E-state index in [9.17, 15) is 5.11 Å². The van der Waals surface area contributed by atoms with Gasteiger partial charge in [0, 0.05) is 26.4 Å². The number of aliphatic hydroxyl groups excluding tert-OH is 1. The summed E-state index contributed by atoms with van der Waals surface area (Å²) in [4.78, 5) is 0. The zero-order valence-corrected chi connectivity index (χ0v) is 12.6. The van der Waals surface area contributed by atoms with Crippen molar-refractivity contribution in [2.75, 3.05) is 39.5 Å². The van der Waals surface area contributed by atoms with Crippen molar-refractivity contribution < 1.29 is 14.6 Å². The van der Waals surface area contributed by atoms with Gasteiger partial charge in [-0.15, -0.1) is 0 Å². The molecule has 1 fully saturated rings. The average Bonchev–Trinajstić information content (AvgIpc) is 2.39. The number of rotatable bonds is 10.